The molecular weight excluding hydrogens is 545 g/mol. The smallest absolute Gasteiger partial charge is 0.255 e. The summed E-state index contributed by atoms with van der Waals surface area (Å²) in [7, 11) is -0.725. The first-order valence-corrected chi connectivity index (χ1v) is 14.5. The molecule has 8 nitrogen and oxygen atoms in total. The van der Waals surface area contributed by atoms with Crippen molar-refractivity contribution >= 4 is 43.6 Å². The van der Waals surface area contributed by atoms with Gasteiger partial charge in [0.15, 0.2) is 5.76 Å². The van der Waals surface area contributed by atoms with E-state index in [0.29, 0.717) is 44.8 Å². The van der Waals surface area contributed by atoms with Gasteiger partial charge in [-0.1, -0.05) is 18.2 Å². The number of para-hydroxylation sites is 1. The fraction of sp³-hybridized carbons (Fsp3) is 0.0968. The molecule has 0 unspecified atom stereocenters. The second-order valence-corrected chi connectivity index (χ2v) is 11.6. The lowest BCUT2D eigenvalue weighted by atomic mass is 9.98. The van der Waals surface area contributed by atoms with Crippen LogP contribution in [-0.4, -0.2) is 39.7 Å². The number of carbonyl (C=O) groups excluding carboxylic acids is 1. The Morgan fingerprint density at radius 2 is 1.68 bits per heavy atom. The number of anilines is 1. The zero-order valence-corrected chi connectivity index (χ0v) is 23.1. The van der Waals surface area contributed by atoms with Gasteiger partial charge in [-0.15, -0.1) is 0 Å². The average Bonchev–Trinajstić information content (AvgIpc) is 3.57. The van der Waals surface area contributed by atoms with Gasteiger partial charge in [0.25, 0.3) is 5.91 Å². The van der Waals surface area contributed by atoms with Crippen LogP contribution in [0.15, 0.2) is 93.9 Å². The van der Waals surface area contributed by atoms with Gasteiger partial charge in [0.2, 0.25) is 10.0 Å². The second kappa shape index (κ2) is 9.90. The van der Waals surface area contributed by atoms with E-state index in [2.05, 4.69) is 10.3 Å². The van der Waals surface area contributed by atoms with Crippen LogP contribution in [0, 0.1) is 5.82 Å². The number of amides is 1. The SMILES string of the molecule is CNC(=O)c1c(-c2ccc(F)cc2)oc2cc(N(C)S(C)(=O)=O)c(-c3ccnc(-c4cc5ccccc5o4)c3)cc12. The Kier molecular flexibility index (Phi) is 6.34. The van der Waals surface area contributed by atoms with Crippen LogP contribution in [0.4, 0.5) is 10.1 Å². The molecule has 0 aliphatic carbocycles. The van der Waals surface area contributed by atoms with Gasteiger partial charge >= 0.3 is 0 Å². The third kappa shape index (κ3) is 4.72. The van der Waals surface area contributed by atoms with E-state index in [0.717, 1.165) is 21.5 Å². The second-order valence-electron chi connectivity index (χ2n) is 9.57. The van der Waals surface area contributed by atoms with Crippen LogP contribution in [0.1, 0.15) is 10.4 Å². The van der Waals surface area contributed by atoms with Crippen LogP contribution in [0.5, 0.6) is 0 Å². The Bertz CT molecular complexity index is 2030. The molecule has 0 saturated heterocycles. The Hall–Kier alpha value is -4.96. The fourth-order valence-electron chi connectivity index (χ4n) is 4.80. The molecule has 0 aliphatic heterocycles. The van der Waals surface area contributed by atoms with Crippen LogP contribution < -0.4 is 9.62 Å². The highest BCUT2D eigenvalue weighted by molar-refractivity contribution is 7.92. The number of rotatable bonds is 6. The first-order chi connectivity index (χ1) is 19.6. The lowest BCUT2D eigenvalue weighted by molar-refractivity contribution is 0.0964. The molecule has 0 radical (unpaired) electrons. The predicted molar refractivity (Wildman–Crippen MR) is 157 cm³/mol. The molecule has 0 spiro atoms. The van der Waals surface area contributed by atoms with Gasteiger partial charge in [0, 0.05) is 48.3 Å². The van der Waals surface area contributed by atoms with Crippen molar-refractivity contribution in [3.8, 4) is 33.9 Å². The maximum atomic E-state index is 13.7. The third-order valence-electron chi connectivity index (χ3n) is 6.95. The quantitative estimate of drug-likeness (QED) is 0.247. The molecule has 6 aromatic rings. The van der Waals surface area contributed by atoms with Gasteiger partial charge in [0.1, 0.15) is 28.4 Å². The van der Waals surface area contributed by atoms with E-state index in [1.807, 2.05) is 30.3 Å². The molecule has 3 aromatic carbocycles. The Balaban J connectivity index is 1.61. The normalized spacial score (nSPS) is 11.7. The van der Waals surface area contributed by atoms with Crippen LogP contribution >= 0.6 is 0 Å². The highest BCUT2D eigenvalue weighted by atomic mass is 32.2. The van der Waals surface area contributed by atoms with E-state index < -0.39 is 21.7 Å². The number of nitrogens with one attached hydrogen (secondary N) is 1. The maximum Gasteiger partial charge on any atom is 0.255 e. The van der Waals surface area contributed by atoms with Crippen molar-refractivity contribution in [2.45, 2.75) is 0 Å². The first-order valence-electron chi connectivity index (χ1n) is 12.6. The van der Waals surface area contributed by atoms with Crippen molar-refractivity contribution in [1.29, 1.82) is 0 Å². The number of furan rings is 2. The molecule has 0 atom stereocenters. The van der Waals surface area contributed by atoms with Crippen molar-refractivity contribution in [2.75, 3.05) is 24.7 Å². The Morgan fingerprint density at radius 1 is 0.927 bits per heavy atom. The highest BCUT2D eigenvalue weighted by Gasteiger charge is 2.26. The monoisotopic (exact) mass is 569 g/mol. The van der Waals surface area contributed by atoms with Crippen molar-refractivity contribution < 1.29 is 26.4 Å². The molecule has 41 heavy (non-hydrogen) atoms. The largest absolute Gasteiger partial charge is 0.455 e. The summed E-state index contributed by atoms with van der Waals surface area (Å²) in [6.07, 6.45) is 2.72. The zero-order chi connectivity index (χ0) is 28.9. The summed E-state index contributed by atoms with van der Waals surface area (Å²) in [4.78, 5) is 17.6. The summed E-state index contributed by atoms with van der Waals surface area (Å²) in [5.41, 5.74) is 3.82. The molecule has 0 aliphatic rings. The van der Waals surface area contributed by atoms with E-state index in [-0.39, 0.29) is 11.3 Å². The summed E-state index contributed by atoms with van der Waals surface area (Å²) in [6, 6.07) is 22.0. The average molecular weight is 570 g/mol. The van der Waals surface area contributed by atoms with Gasteiger partial charge in [0.05, 0.1) is 17.5 Å². The van der Waals surface area contributed by atoms with E-state index >= 15 is 0 Å². The van der Waals surface area contributed by atoms with Crippen molar-refractivity contribution in [3.63, 3.8) is 0 Å². The highest BCUT2D eigenvalue weighted by Crippen LogP contribution is 2.42. The summed E-state index contributed by atoms with van der Waals surface area (Å²) < 4.78 is 52.3. The number of aromatic nitrogens is 1. The van der Waals surface area contributed by atoms with Crippen molar-refractivity contribution in [3.05, 3.63) is 96.4 Å². The van der Waals surface area contributed by atoms with Crippen molar-refractivity contribution in [1.82, 2.24) is 10.3 Å². The van der Waals surface area contributed by atoms with Gasteiger partial charge in [-0.25, -0.2) is 12.8 Å². The standard InChI is InChI=1S/C31H24FN3O5S/c1-33-31(36)29-23-16-22(19-12-13-34-24(14-19)28-15-20-6-4-5-7-26(20)39-28)25(35(2)41(3,37)38)17-27(23)40-30(29)18-8-10-21(32)11-9-18/h4-17H,1-3H3,(H,33,36). The molecule has 3 aromatic heterocycles. The number of halogens is 1. The summed E-state index contributed by atoms with van der Waals surface area (Å²) in [5.74, 6) is -0.0400. The summed E-state index contributed by atoms with van der Waals surface area (Å²) >= 11 is 0. The number of benzene rings is 3. The molecule has 6 rings (SSSR count). The minimum Gasteiger partial charge on any atom is -0.455 e. The Morgan fingerprint density at radius 3 is 2.39 bits per heavy atom. The fourth-order valence-corrected chi connectivity index (χ4v) is 5.31. The predicted octanol–water partition coefficient (Wildman–Crippen LogP) is 6.47. The summed E-state index contributed by atoms with van der Waals surface area (Å²) in [5, 5.41) is 4.03. The molecule has 3 heterocycles. The van der Waals surface area contributed by atoms with E-state index in [1.165, 1.54) is 38.4 Å². The molecule has 10 heteroatoms. The first kappa shape index (κ1) is 26.3. The minimum absolute atomic E-state index is 0.238. The molecule has 1 amide bonds. The van der Waals surface area contributed by atoms with Gasteiger partial charge in [-0.3, -0.25) is 14.1 Å². The van der Waals surface area contributed by atoms with Gasteiger partial charge < -0.3 is 14.2 Å². The van der Waals surface area contributed by atoms with Crippen LogP contribution in [-0.2, 0) is 10.0 Å². The number of hydrogen-bond donors (Lipinski definition) is 1. The topological polar surface area (TPSA) is 106 Å². The molecule has 1 N–H and O–H groups in total. The zero-order valence-electron chi connectivity index (χ0n) is 22.3. The van der Waals surface area contributed by atoms with Crippen LogP contribution in [0.3, 0.4) is 0 Å². The van der Waals surface area contributed by atoms with E-state index in [1.54, 1.807) is 30.5 Å². The minimum atomic E-state index is -3.68. The van der Waals surface area contributed by atoms with Crippen LogP contribution in [0.25, 0.3) is 55.8 Å². The van der Waals surface area contributed by atoms with Gasteiger partial charge in [-0.2, -0.15) is 0 Å². The number of pyridine rings is 1. The lowest BCUT2D eigenvalue weighted by Crippen LogP contribution is -2.25. The van der Waals surface area contributed by atoms with Crippen LogP contribution in [0.2, 0.25) is 0 Å². The molecule has 0 saturated carbocycles. The molecule has 0 bridgehead atoms. The number of nitrogens with zero attached hydrogens (tertiary/aromatic N) is 2. The molecule has 206 valence electrons. The number of fused-ring (bicyclic) bond motifs is 2. The Labute approximate surface area is 235 Å². The lowest BCUT2D eigenvalue weighted by Gasteiger charge is -2.21. The van der Waals surface area contributed by atoms with E-state index in [9.17, 15) is 17.6 Å². The number of sulfonamides is 1. The number of hydrogen-bond acceptors (Lipinski definition) is 6. The van der Waals surface area contributed by atoms with Gasteiger partial charge in [-0.05, 0) is 60.2 Å². The third-order valence-corrected chi connectivity index (χ3v) is 8.14. The molecular formula is C31H24FN3O5S. The number of carbonyl (C=O) groups is 1. The van der Waals surface area contributed by atoms with E-state index in [4.69, 9.17) is 8.83 Å². The molecule has 0 fully saturated rings. The van der Waals surface area contributed by atoms with Crippen molar-refractivity contribution in [2.24, 2.45) is 0 Å². The maximum absolute atomic E-state index is 13.7. The summed E-state index contributed by atoms with van der Waals surface area (Å²) in [6.45, 7) is 0.